The van der Waals surface area contributed by atoms with Crippen molar-refractivity contribution in [1.29, 1.82) is 5.26 Å². The van der Waals surface area contributed by atoms with Gasteiger partial charge in [0.2, 0.25) is 5.91 Å². The number of esters is 1. The average Bonchev–Trinajstić information content (AvgIpc) is 2.97. The van der Waals surface area contributed by atoms with E-state index in [9.17, 15) is 19.6 Å². The van der Waals surface area contributed by atoms with Crippen LogP contribution in [0, 0.1) is 11.3 Å². The summed E-state index contributed by atoms with van der Waals surface area (Å²) < 4.78 is 4.98. The fraction of sp³-hybridized carbons (Fsp3) is 0.161. The van der Waals surface area contributed by atoms with Crippen LogP contribution in [0.5, 0.6) is 0 Å². The van der Waals surface area contributed by atoms with Crippen LogP contribution >= 0.6 is 23.4 Å². The Labute approximate surface area is 247 Å². The van der Waals surface area contributed by atoms with Crippen LogP contribution in [0.3, 0.4) is 0 Å². The van der Waals surface area contributed by atoms with Gasteiger partial charge in [-0.2, -0.15) is 5.26 Å². The van der Waals surface area contributed by atoms with Crippen LogP contribution in [-0.4, -0.2) is 30.1 Å². The molecule has 3 N–H and O–H groups in total. The van der Waals surface area contributed by atoms with Gasteiger partial charge in [-0.25, -0.2) is 4.79 Å². The van der Waals surface area contributed by atoms with Crippen LogP contribution < -0.4 is 16.0 Å². The van der Waals surface area contributed by atoms with E-state index in [1.54, 1.807) is 74.5 Å². The normalized spacial score (nSPS) is 14.5. The van der Waals surface area contributed by atoms with E-state index in [0.29, 0.717) is 43.8 Å². The summed E-state index contributed by atoms with van der Waals surface area (Å²) in [6.45, 7) is 3.75. The first-order chi connectivity index (χ1) is 19.8. The summed E-state index contributed by atoms with van der Waals surface area (Å²) in [6, 6.07) is 24.7. The molecule has 10 heteroatoms. The molecule has 0 radical (unpaired) electrons. The van der Waals surface area contributed by atoms with Crippen LogP contribution in [0.4, 0.5) is 11.4 Å². The number of nitrogens with one attached hydrogen (secondary N) is 3. The molecular weight excluding hydrogens is 560 g/mol. The van der Waals surface area contributed by atoms with Gasteiger partial charge in [-0.15, -0.1) is 0 Å². The molecule has 1 atom stereocenters. The molecule has 8 nitrogen and oxygen atoms in total. The largest absolute Gasteiger partial charge is 0.462 e. The molecule has 0 saturated heterocycles. The highest BCUT2D eigenvalue weighted by Gasteiger charge is 2.36. The molecule has 0 fully saturated rings. The number of benzene rings is 3. The first-order valence-corrected chi connectivity index (χ1v) is 14.1. The summed E-state index contributed by atoms with van der Waals surface area (Å²) in [5.74, 6) is -1.88. The summed E-state index contributed by atoms with van der Waals surface area (Å²) in [5.41, 5.74) is 3.29. The molecule has 4 rings (SSSR count). The summed E-state index contributed by atoms with van der Waals surface area (Å²) in [6.07, 6.45) is 0. The number of hydrogen-bond donors (Lipinski definition) is 3. The van der Waals surface area contributed by atoms with Crippen molar-refractivity contribution in [3.05, 3.63) is 117 Å². The lowest BCUT2D eigenvalue weighted by Crippen LogP contribution is -2.31. The maximum Gasteiger partial charge on any atom is 0.338 e. The minimum absolute atomic E-state index is 0.0127. The second kappa shape index (κ2) is 13.7. The number of rotatable bonds is 9. The zero-order valence-corrected chi connectivity index (χ0v) is 23.9. The number of dihydropyridines is 1. The molecule has 0 spiro atoms. The third kappa shape index (κ3) is 7.17. The number of nitrogens with zero attached hydrogens (tertiary/aromatic N) is 1. The van der Waals surface area contributed by atoms with Crippen molar-refractivity contribution in [2.24, 2.45) is 0 Å². The fourth-order valence-electron chi connectivity index (χ4n) is 4.31. The minimum atomic E-state index is -0.750. The minimum Gasteiger partial charge on any atom is -0.462 e. The van der Waals surface area contributed by atoms with Gasteiger partial charge in [0, 0.05) is 27.7 Å². The van der Waals surface area contributed by atoms with Gasteiger partial charge in [-0.3, -0.25) is 9.59 Å². The van der Waals surface area contributed by atoms with Crippen molar-refractivity contribution >= 4 is 52.5 Å². The number of hydrogen-bond acceptors (Lipinski definition) is 7. The summed E-state index contributed by atoms with van der Waals surface area (Å²) >= 11 is 7.71. The van der Waals surface area contributed by atoms with E-state index in [-0.39, 0.29) is 29.7 Å². The van der Waals surface area contributed by atoms with Gasteiger partial charge in [0.1, 0.15) is 0 Å². The van der Waals surface area contributed by atoms with Gasteiger partial charge in [0.05, 0.1) is 40.5 Å². The average molecular weight is 587 g/mol. The molecule has 1 aliphatic rings. The molecule has 0 aliphatic carbocycles. The number of amides is 2. The Balaban J connectivity index is 1.56. The maximum atomic E-state index is 13.5. The Hall–Kier alpha value is -4.52. The lowest BCUT2D eigenvalue weighted by atomic mass is 9.82. The Morgan fingerprint density at radius 1 is 0.976 bits per heavy atom. The van der Waals surface area contributed by atoms with E-state index < -0.39 is 11.9 Å². The van der Waals surface area contributed by atoms with E-state index in [2.05, 4.69) is 22.0 Å². The van der Waals surface area contributed by atoms with Gasteiger partial charge in [-0.1, -0.05) is 59.8 Å². The second-order valence-corrected chi connectivity index (χ2v) is 10.3. The van der Waals surface area contributed by atoms with E-state index in [0.717, 1.165) is 11.8 Å². The van der Waals surface area contributed by atoms with Gasteiger partial charge in [-0.05, 0) is 61.9 Å². The highest BCUT2D eigenvalue weighted by atomic mass is 35.5. The monoisotopic (exact) mass is 586 g/mol. The highest BCUT2D eigenvalue weighted by molar-refractivity contribution is 8.03. The number of thioether (sulfide) groups is 1. The third-order valence-corrected chi connectivity index (χ3v) is 7.53. The van der Waals surface area contributed by atoms with Crippen LogP contribution in [0.1, 0.15) is 35.7 Å². The predicted octanol–water partition coefficient (Wildman–Crippen LogP) is 6.22. The van der Waals surface area contributed by atoms with Gasteiger partial charge in [0.15, 0.2) is 0 Å². The molecular formula is C31H27ClN4O4S. The number of ether oxygens (including phenoxy) is 1. The quantitative estimate of drug-likeness (QED) is 0.254. The van der Waals surface area contributed by atoms with E-state index in [1.165, 1.54) is 0 Å². The molecule has 3 aromatic carbocycles. The lowest BCUT2D eigenvalue weighted by Gasteiger charge is -2.30. The highest BCUT2D eigenvalue weighted by Crippen LogP contribution is 2.43. The molecule has 208 valence electrons. The van der Waals surface area contributed by atoms with Crippen LogP contribution in [-0.2, 0) is 14.3 Å². The molecule has 3 aromatic rings. The number of para-hydroxylation sites is 1. The molecule has 1 aliphatic heterocycles. The van der Waals surface area contributed by atoms with Gasteiger partial charge < -0.3 is 20.7 Å². The Bertz CT molecular complexity index is 1560. The number of carbonyl (C=O) groups excluding carboxylic acids is 3. The Kier molecular flexibility index (Phi) is 9.85. The Morgan fingerprint density at radius 3 is 2.29 bits per heavy atom. The maximum absolute atomic E-state index is 13.5. The smallest absolute Gasteiger partial charge is 0.338 e. The third-order valence-electron chi connectivity index (χ3n) is 6.17. The number of nitriles is 1. The standard InChI is InChI=1S/C31H27ClN4O4S/c1-3-40-31(39)20-13-15-22(16-14-20)35-26(37)18-41-30-24(17-33)28(23-11-7-8-12-25(23)32)27(19(2)34-30)29(38)36-21-9-5-4-6-10-21/h4-16,28,34H,3,18H2,1-2H3,(H,35,37)(H,36,38)/t28-/m0/s1. The lowest BCUT2D eigenvalue weighted by molar-refractivity contribution is -0.114. The van der Waals surface area contributed by atoms with Crippen molar-refractivity contribution in [2.45, 2.75) is 19.8 Å². The zero-order valence-electron chi connectivity index (χ0n) is 22.4. The number of carbonyl (C=O) groups is 3. The summed E-state index contributed by atoms with van der Waals surface area (Å²) in [7, 11) is 0. The van der Waals surface area contributed by atoms with E-state index >= 15 is 0 Å². The SMILES string of the molecule is CCOC(=O)c1ccc(NC(=O)CSC2=C(C#N)[C@H](c3ccccc3Cl)C(C(=O)Nc3ccccc3)=C(C)N2)cc1. The molecule has 0 aromatic heterocycles. The van der Waals surface area contributed by atoms with Gasteiger partial charge >= 0.3 is 5.97 Å². The summed E-state index contributed by atoms with van der Waals surface area (Å²) in [5, 5.41) is 20.0. The fourth-order valence-corrected chi connectivity index (χ4v) is 5.44. The van der Waals surface area contributed by atoms with E-state index in [1.807, 2.05) is 18.2 Å². The predicted molar refractivity (Wildman–Crippen MR) is 161 cm³/mol. The van der Waals surface area contributed by atoms with Crippen molar-refractivity contribution < 1.29 is 19.1 Å². The molecule has 41 heavy (non-hydrogen) atoms. The summed E-state index contributed by atoms with van der Waals surface area (Å²) in [4.78, 5) is 38.2. The van der Waals surface area contributed by atoms with Crippen LogP contribution in [0.2, 0.25) is 5.02 Å². The van der Waals surface area contributed by atoms with Crippen molar-refractivity contribution in [1.82, 2.24) is 5.32 Å². The van der Waals surface area contributed by atoms with Crippen molar-refractivity contribution in [3.63, 3.8) is 0 Å². The van der Waals surface area contributed by atoms with Crippen molar-refractivity contribution in [2.75, 3.05) is 23.0 Å². The first kappa shape index (κ1) is 29.5. The number of anilines is 2. The van der Waals surface area contributed by atoms with Crippen LogP contribution in [0.25, 0.3) is 0 Å². The zero-order chi connectivity index (χ0) is 29.4. The van der Waals surface area contributed by atoms with Gasteiger partial charge in [0.25, 0.3) is 5.91 Å². The Morgan fingerprint density at radius 2 is 1.63 bits per heavy atom. The molecule has 0 unspecified atom stereocenters. The molecule has 1 heterocycles. The number of halogens is 1. The van der Waals surface area contributed by atoms with Crippen molar-refractivity contribution in [3.8, 4) is 6.07 Å². The van der Waals surface area contributed by atoms with Crippen LogP contribution in [0.15, 0.2) is 101 Å². The molecule has 0 bridgehead atoms. The number of allylic oxidation sites excluding steroid dienone is 2. The first-order valence-electron chi connectivity index (χ1n) is 12.7. The van der Waals surface area contributed by atoms with E-state index in [4.69, 9.17) is 16.3 Å². The molecule has 2 amide bonds. The topological polar surface area (TPSA) is 120 Å². The molecule has 0 saturated carbocycles. The second-order valence-electron chi connectivity index (χ2n) is 8.93.